The van der Waals surface area contributed by atoms with Gasteiger partial charge in [-0.3, -0.25) is 4.79 Å². The van der Waals surface area contributed by atoms with Crippen LogP contribution < -0.4 is 15.8 Å². The van der Waals surface area contributed by atoms with Crippen LogP contribution in [0.4, 0.5) is 13.2 Å². The summed E-state index contributed by atoms with van der Waals surface area (Å²) >= 11 is 0. The molecule has 0 aliphatic carbocycles. The molecule has 0 fully saturated rings. The number of fused-ring (bicyclic) bond motifs is 2. The number of aromatic nitrogens is 2. The highest BCUT2D eigenvalue weighted by Gasteiger charge is 2.33. The van der Waals surface area contributed by atoms with Crippen LogP contribution in [-0.2, 0) is 19.3 Å². The number of ether oxygens (including phenoxy) is 1. The molecule has 190 valence electrons. The number of phenolic OH excluding ortho intramolecular Hbond substituents is 1. The molecule has 3 heterocycles. The molecule has 0 saturated carbocycles. The van der Waals surface area contributed by atoms with Gasteiger partial charge in [-0.1, -0.05) is 0 Å². The third-order valence-electron chi connectivity index (χ3n) is 5.74. The summed E-state index contributed by atoms with van der Waals surface area (Å²) in [6.07, 6.45) is -3.18. The number of carbonyl (C=O) groups excluding carboxylic acids is 1. The zero-order valence-corrected chi connectivity index (χ0v) is 19.2. The van der Waals surface area contributed by atoms with Gasteiger partial charge in [0.05, 0.1) is 19.9 Å². The van der Waals surface area contributed by atoms with Crippen LogP contribution in [0.15, 0.2) is 57.6 Å². The number of halogens is 3. The van der Waals surface area contributed by atoms with Crippen LogP contribution in [0.5, 0.6) is 11.5 Å². The Morgan fingerprint density at radius 2 is 1.95 bits per heavy atom. The lowest BCUT2D eigenvalue weighted by Crippen LogP contribution is -2.24. The third kappa shape index (κ3) is 4.42. The van der Waals surface area contributed by atoms with E-state index in [1.165, 1.54) is 37.6 Å². The SMILES string of the molecule is COc1ccc(-c2nc(C(=O)NCc3coc4ccc(O)cc34)c(CN)o2)c2ccc(C(F)(F)F)nc12. The number of benzene rings is 2. The van der Waals surface area contributed by atoms with E-state index < -0.39 is 17.8 Å². The lowest BCUT2D eigenvalue weighted by atomic mass is 10.1. The van der Waals surface area contributed by atoms with Crippen LogP contribution in [0.3, 0.4) is 0 Å². The van der Waals surface area contributed by atoms with Crippen LogP contribution >= 0.6 is 0 Å². The van der Waals surface area contributed by atoms with Crippen LogP contribution in [0.25, 0.3) is 33.3 Å². The molecule has 2 aromatic carbocycles. The number of pyridine rings is 1. The molecule has 0 spiro atoms. The second-order valence-electron chi connectivity index (χ2n) is 8.02. The quantitative estimate of drug-likeness (QED) is 0.296. The fraction of sp³-hybridized carbons (Fsp3) is 0.160. The van der Waals surface area contributed by atoms with Gasteiger partial charge in [0.2, 0.25) is 5.89 Å². The first-order valence-corrected chi connectivity index (χ1v) is 10.9. The largest absolute Gasteiger partial charge is 0.508 e. The minimum atomic E-state index is -4.64. The van der Waals surface area contributed by atoms with E-state index in [2.05, 4.69) is 15.3 Å². The molecule has 0 saturated heterocycles. The summed E-state index contributed by atoms with van der Waals surface area (Å²) < 4.78 is 56.1. The zero-order chi connectivity index (χ0) is 26.3. The molecule has 0 bridgehead atoms. The molecule has 1 amide bonds. The van der Waals surface area contributed by atoms with E-state index in [1.54, 1.807) is 12.1 Å². The molecule has 12 heteroatoms. The Balaban J connectivity index is 1.48. The molecule has 0 radical (unpaired) electrons. The Hall–Kier alpha value is -4.58. The lowest BCUT2D eigenvalue weighted by molar-refractivity contribution is -0.140. The normalized spacial score (nSPS) is 11.8. The van der Waals surface area contributed by atoms with Crippen molar-refractivity contribution in [2.45, 2.75) is 19.3 Å². The van der Waals surface area contributed by atoms with Crippen molar-refractivity contribution in [3.8, 4) is 23.0 Å². The Bertz CT molecular complexity index is 1640. The predicted octanol–water partition coefficient (Wildman–Crippen LogP) is 4.76. The monoisotopic (exact) mass is 512 g/mol. The Morgan fingerprint density at radius 3 is 2.68 bits per heavy atom. The molecule has 5 rings (SSSR count). The summed E-state index contributed by atoms with van der Waals surface area (Å²) in [7, 11) is 1.32. The van der Waals surface area contributed by atoms with Gasteiger partial charge in [0.15, 0.2) is 11.5 Å². The van der Waals surface area contributed by atoms with E-state index in [4.69, 9.17) is 19.3 Å². The molecule has 9 nitrogen and oxygen atoms in total. The number of hydrogen-bond acceptors (Lipinski definition) is 8. The summed E-state index contributed by atoms with van der Waals surface area (Å²) in [5, 5.41) is 13.4. The van der Waals surface area contributed by atoms with Gasteiger partial charge in [-0.2, -0.15) is 13.2 Å². The van der Waals surface area contributed by atoms with E-state index in [0.717, 1.165) is 6.07 Å². The standard InChI is InChI=1S/C25H19F3N4O5/c1-35-18-6-3-15(14-4-7-20(25(26,27)28)31-21(14)18)24-32-22(19(9-29)37-24)23(34)30-10-12-11-36-17-5-2-13(33)8-16(12)17/h2-8,11,33H,9-10,29H2,1H3,(H,30,34). The minimum absolute atomic E-state index is 0.0153. The maximum absolute atomic E-state index is 13.2. The molecule has 0 aliphatic rings. The van der Waals surface area contributed by atoms with Gasteiger partial charge in [-0.05, 0) is 42.5 Å². The van der Waals surface area contributed by atoms with Crippen molar-refractivity contribution in [3.63, 3.8) is 0 Å². The van der Waals surface area contributed by atoms with Gasteiger partial charge in [-0.15, -0.1) is 0 Å². The van der Waals surface area contributed by atoms with Crippen molar-refractivity contribution in [1.29, 1.82) is 0 Å². The van der Waals surface area contributed by atoms with Crippen molar-refractivity contribution in [3.05, 3.63) is 71.4 Å². The maximum Gasteiger partial charge on any atom is 0.433 e. The lowest BCUT2D eigenvalue weighted by Gasteiger charge is -2.11. The molecular formula is C25H19F3N4O5. The molecular weight excluding hydrogens is 493 g/mol. The van der Waals surface area contributed by atoms with Crippen molar-refractivity contribution in [2.24, 2.45) is 5.73 Å². The number of rotatable bonds is 6. The number of hydrogen-bond donors (Lipinski definition) is 3. The van der Waals surface area contributed by atoms with Gasteiger partial charge in [0.25, 0.3) is 5.91 Å². The summed E-state index contributed by atoms with van der Waals surface area (Å²) in [5.41, 5.74) is 6.07. The summed E-state index contributed by atoms with van der Waals surface area (Å²) in [6, 6.07) is 9.70. The van der Waals surface area contributed by atoms with Crippen LogP contribution in [-0.4, -0.2) is 28.1 Å². The van der Waals surface area contributed by atoms with E-state index in [9.17, 15) is 23.1 Å². The number of oxazole rings is 1. The van der Waals surface area contributed by atoms with Crippen LogP contribution in [0.2, 0.25) is 0 Å². The summed E-state index contributed by atoms with van der Waals surface area (Å²) in [4.78, 5) is 21.0. The smallest absolute Gasteiger partial charge is 0.433 e. The van der Waals surface area contributed by atoms with Crippen molar-refractivity contribution in [1.82, 2.24) is 15.3 Å². The minimum Gasteiger partial charge on any atom is -0.508 e. The number of carbonyl (C=O) groups is 1. The van der Waals surface area contributed by atoms with Gasteiger partial charge >= 0.3 is 6.18 Å². The average molecular weight is 512 g/mol. The van der Waals surface area contributed by atoms with Crippen LogP contribution in [0.1, 0.15) is 27.5 Å². The van der Waals surface area contributed by atoms with E-state index >= 15 is 0 Å². The molecule has 5 aromatic rings. The van der Waals surface area contributed by atoms with Crippen molar-refractivity contribution >= 4 is 27.8 Å². The van der Waals surface area contributed by atoms with E-state index in [1.807, 2.05) is 0 Å². The molecule has 37 heavy (non-hydrogen) atoms. The van der Waals surface area contributed by atoms with Gasteiger partial charge in [-0.25, -0.2) is 9.97 Å². The number of nitrogens with two attached hydrogens (primary N) is 1. The number of methoxy groups -OCH3 is 1. The predicted molar refractivity (Wildman–Crippen MR) is 126 cm³/mol. The van der Waals surface area contributed by atoms with Crippen molar-refractivity contribution < 1.29 is 36.6 Å². The van der Waals surface area contributed by atoms with Gasteiger partial charge < -0.3 is 29.7 Å². The average Bonchev–Trinajstić information content (AvgIpc) is 3.49. The number of nitrogens with one attached hydrogen (secondary N) is 1. The maximum atomic E-state index is 13.2. The highest BCUT2D eigenvalue weighted by Crippen LogP contribution is 2.37. The Morgan fingerprint density at radius 1 is 1.14 bits per heavy atom. The Labute approximate surface area is 206 Å². The summed E-state index contributed by atoms with van der Waals surface area (Å²) in [5.74, 6) is -0.326. The number of aromatic hydroxyl groups is 1. The molecule has 0 atom stereocenters. The van der Waals surface area contributed by atoms with Gasteiger partial charge in [0, 0.05) is 28.4 Å². The second kappa shape index (κ2) is 9.13. The molecule has 4 N–H and O–H groups in total. The zero-order valence-electron chi connectivity index (χ0n) is 19.2. The number of nitrogens with zero attached hydrogens (tertiary/aromatic N) is 2. The first-order chi connectivity index (χ1) is 17.7. The number of furan rings is 1. The van der Waals surface area contributed by atoms with Crippen molar-refractivity contribution in [2.75, 3.05) is 7.11 Å². The fourth-order valence-corrected chi connectivity index (χ4v) is 3.95. The fourth-order valence-electron chi connectivity index (χ4n) is 3.95. The number of phenols is 1. The van der Waals surface area contributed by atoms with Crippen LogP contribution in [0, 0.1) is 0 Å². The first-order valence-electron chi connectivity index (χ1n) is 10.9. The van der Waals surface area contributed by atoms with E-state index in [-0.39, 0.29) is 52.8 Å². The number of alkyl halides is 3. The summed E-state index contributed by atoms with van der Waals surface area (Å²) in [6.45, 7) is -0.0834. The second-order valence-corrected chi connectivity index (χ2v) is 8.02. The molecule has 0 unspecified atom stereocenters. The first kappa shape index (κ1) is 24.1. The molecule has 3 aromatic heterocycles. The van der Waals surface area contributed by atoms with Gasteiger partial charge in [0.1, 0.15) is 28.3 Å². The topological polar surface area (TPSA) is 137 Å². The highest BCUT2D eigenvalue weighted by atomic mass is 19.4. The third-order valence-corrected chi connectivity index (χ3v) is 5.74. The highest BCUT2D eigenvalue weighted by molar-refractivity contribution is 5.98. The van der Waals surface area contributed by atoms with E-state index in [0.29, 0.717) is 22.1 Å². The molecule has 0 aliphatic heterocycles. The number of amides is 1. The Kier molecular flexibility index (Phi) is 5.96.